The fraction of sp³-hybridized carbons (Fsp3) is 0.368. The van der Waals surface area contributed by atoms with Crippen molar-refractivity contribution in [2.75, 3.05) is 4.90 Å². The fourth-order valence-electron chi connectivity index (χ4n) is 10.4. The van der Waals surface area contributed by atoms with Gasteiger partial charge in [-0.15, -0.1) is 0 Å². The second kappa shape index (κ2) is 14.2. The number of anilines is 2. The Kier molecular flexibility index (Phi) is 9.70. The van der Waals surface area contributed by atoms with E-state index in [9.17, 15) is 0 Å². The van der Waals surface area contributed by atoms with Crippen molar-refractivity contribution < 1.29 is 0 Å². The standard InChI is InChI=1S/C57H68N2Si2/c1-55(2,3)37-19-23-39(24-20-37)58(40-25-21-38(22-26-40)56(4,5)6)41-27-30-46-49(33-41)57(7,8)50-36-53(44-17-15-16-18-45(44)54(46)50)59-51-31-28-42(60(9,10)11)34-47(51)48-35-43(61(12,13)14)29-32-52(48)59/h16,18-21,23-25,27-36H,15,17,22,26H2,1-14H3. The molecule has 2 nitrogen and oxygen atoms in total. The van der Waals surface area contributed by atoms with Crippen LogP contribution in [0.4, 0.5) is 11.4 Å². The molecule has 0 amide bonds. The average Bonchev–Trinajstić information content (AvgIpc) is 3.64. The van der Waals surface area contributed by atoms with Crippen LogP contribution < -0.4 is 15.3 Å². The van der Waals surface area contributed by atoms with Crippen LogP contribution in [0.25, 0.3) is 44.7 Å². The highest BCUT2D eigenvalue weighted by atomic mass is 28.3. The third kappa shape index (κ3) is 7.06. The van der Waals surface area contributed by atoms with E-state index in [-0.39, 0.29) is 16.2 Å². The first-order valence-electron chi connectivity index (χ1n) is 23.0. The van der Waals surface area contributed by atoms with Gasteiger partial charge in [0.1, 0.15) is 0 Å². The van der Waals surface area contributed by atoms with Crippen LogP contribution in [-0.4, -0.2) is 20.7 Å². The van der Waals surface area contributed by atoms with Crippen molar-refractivity contribution in [1.29, 1.82) is 0 Å². The Labute approximate surface area is 369 Å². The van der Waals surface area contributed by atoms with Gasteiger partial charge >= 0.3 is 0 Å². The summed E-state index contributed by atoms with van der Waals surface area (Å²) in [4.78, 5) is 2.55. The molecule has 4 heteroatoms. The van der Waals surface area contributed by atoms with Crippen LogP contribution in [-0.2, 0) is 17.3 Å². The van der Waals surface area contributed by atoms with Gasteiger partial charge in [0, 0.05) is 33.3 Å². The highest BCUT2D eigenvalue weighted by Gasteiger charge is 2.40. The Morgan fingerprint density at radius 1 is 0.607 bits per heavy atom. The number of benzene rings is 5. The van der Waals surface area contributed by atoms with Gasteiger partial charge in [-0.05, 0) is 124 Å². The summed E-state index contributed by atoms with van der Waals surface area (Å²) in [6, 6.07) is 34.2. The topological polar surface area (TPSA) is 8.17 Å². The molecule has 0 unspecified atom stereocenters. The fourth-order valence-corrected chi connectivity index (χ4v) is 12.7. The molecule has 3 aliphatic carbocycles. The third-order valence-electron chi connectivity index (χ3n) is 14.3. The molecule has 1 heterocycles. The molecule has 6 aromatic rings. The maximum Gasteiger partial charge on any atom is 0.0776 e. The first-order chi connectivity index (χ1) is 28.5. The number of nitrogens with zero attached hydrogens (tertiary/aromatic N) is 2. The summed E-state index contributed by atoms with van der Waals surface area (Å²) < 4.78 is 2.65. The molecule has 0 saturated heterocycles. The van der Waals surface area contributed by atoms with Gasteiger partial charge in [0.05, 0.1) is 32.9 Å². The Hall–Kier alpha value is -4.65. The van der Waals surface area contributed by atoms with Gasteiger partial charge in [-0.2, -0.15) is 0 Å². The van der Waals surface area contributed by atoms with Gasteiger partial charge < -0.3 is 9.47 Å². The molecule has 0 atom stereocenters. The van der Waals surface area contributed by atoms with E-state index in [4.69, 9.17) is 0 Å². The summed E-state index contributed by atoms with van der Waals surface area (Å²) in [5.74, 6) is 0. The predicted molar refractivity (Wildman–Crippen MR) is 274 cm³/mol. The highest BCUT2D eigenvalue weighted by Crippen LogP contribution is 2.55. The molecule has 0 aliphatic heterocycles. The van der Waals surface area contributed by atoms with Gasteiger partial charge in [-0.1, -0.05) is 171 Å². The van der Waals surface area contributed by atoms with Gasteiger partial charge in [0.15, 0.2) is 0 Å². The maximum atomic E-state index is 2.65. The molecule has 0 spiro atoms. The van der Waals surface area contributed by atoms with Crippen LogP contribution in [0.15, 0.2) is 114 Å². The molecule has 5 aromatic carbocycles. The number of fused-ring (bicyclic) bond motifs is 8. The summed E-state index contributed by atoms with van der Waals surface area (Å²) in [5.41, 5.74) is 19.3. The molecule has 0 radical (unpaired) electrons. The van der Waals surface area contributed by atoms with E-state index in [1.807, 2.05) is 0 Å². The quantitative estimate of drug-likeness (QED) is 0.152. The number of aromatic nitrogens is 1. The summed E-state index contributed by atoms with van der Waals surface area (Å²) >= 11 is 0. The van der Waals surface area contributed by atoms with Gasteiger partial charge in [0.2, 0.25) is 0 Å². The number of hydrogen-bond acceptors (Lipinski definition) is 1. The van der Waals surface area contributed by atoms with Crippen LogP contribution in [0.1, 0.15) is 102 Å². The normalized spacial score (nSPS) is 16.4. The van der Waals surface area contributed by atoms with E-state index in [1.54, 1.807) is 0 Å². The third-order valence-corrected chi connectivity index (χ3v) is 18.4. The lowest BCUT2D eigenvalue weighted by atomic mass is 9.80. The highest BCUT2D eigenvalue weighted by molar-refractivity contribution is 6.89. The van der Waals surface area contributed by atoms with Crippen LogP contribution in [0.2, 0.25) is 39.3 Å². The Bertz CT molecular complexity index is 2780. The largest absolute Gasteiger partial charge is 0.314 e. The molecule has 9 rings (SSSR count). The molecular formula is C57H68N2Si2. The molecule has 1 aromatic heterocycles. The lowest BCUT2D eigenvalue weighted by molar-refractivity contribution is 0.479. The maximum absolute atomic E-state index is 2.65. The summed E-state index contributed by atoms with van der Waals surface area (Å²) in [7, 11) is -3.07. The molecule has 314 valence electrons. The zero-order chi connectivity index (χ0) is 43.6. The minimum absolute atomic E-state index is 0.0979. The second-order valence-electron chi connectivity index (χ2n) is 23.0. The zero-order valence-corrected chi connectivity index (χ0v) is 41.6. The van der Waals surface area contributed by atoms with E-state index >= 15 is 0 Å². The Balaban J connectivity index is 1.24. The molecule has 3 aliphatic rings. The van der Waals surface area contributed by atoms with E-state index < -0.39 is 16.1 Å². The molecule has 0 fully saturated rings. The minimum Gasteiger partial charge on any atom is -0.314 e. The van der Waals surface area contributed by atoms with Crippen molar-refractivity contribution in [2.45, 2.75) is 131 Å². The predicted octanol–water partition coefficient (Wildman–Crippen LogP) is 15.2. The molecular weight excluding hydrogens is 769 g/mol. The monoisotopic (exact) mass is 836 g/mol. The smallest absolute Gasteiger partial charge is 0.0776 e. The number of allylic oxidation sites excluding steroid dienone is 5. The molecule has 0 saturated carbocycles. The lowest BCUT2D eigenvalue weighted by Gasteiger charge is -2.33. The van der Waals surface area contributed by atoms with Gasteiger partial charge in [-0.3, -0.25) is 0 Å². The molecule has 61 heavy (non-hydrogen) atoms. The second-order valence-corrected chi connectivity index (χ2v) is 33.2. The van der Waals surface area contributed by atoms with Crippen LogP contribution >= 0.6 is 0 Å². The number of hydrogen-bond donors (Lipinski definition) is 0. The Morgan fingerprint density at radius 2 is 1.21 bits per heavy atom. The Morgan fingerprint density at radius 3 is 1.75 bits per heavy atom. The SMILES string of the molecule is CC(C)(C)C1=CC=C(N(c2ccc(C(C)(C)C)cc2)c2ccc3c(c2)C(C)(C)c2cc(-n4c5ccc([Si](C)(C)C)cc5c5cc([Si](C)(C)C)ccc54)c4c(c2-3)C=CCC4)CC1. The summed E-state index contributed by atoms with van der Waals surface area (Å²) in [6.07, 6.45) is 13.9. The minimum atomic E-state index is -1.54. The average molecular weight is 837 g/mol. The van der Waals surface area contributed by atoms with E-state index in [1.165, 1.54) is 99.5 Å². The number of rotatable bonds is 6. The summed E-state index contributed by atoms with van der Waals surface area (Å²) in [6.45, 7) is 33.7. The van der Waals surface area contributed by atoms with Gasteiger partial charge in [0.25, 0.3) is 0 Å². The van der Waals surface area contributed by atoms with Crippen molar-refractivity contribution in [3.8, 4) is 16.8 Å². The van der Waals surface area contributed by atoms with E-state index in [0.29, 0.717) is 0 Å². The van der Waals surface area contributed by atoms with Crippen molar-refractivity contribution in [3.05, 3.63) is 142 Å². The van der Waals surface area contributed by atoms with Crippen LogP contribution in [0.5, 0.6) is 0 Å². The molecule has 0 N–H and O–H groups in total. The van der Waals surface area contributed by atoms with Crippen molar-refractivity contribution in [1.82, 2.24) is 4.57 Å². The summed E-state index contributed by atoms with van der Waals surface area (Å²) in [5, 5.41) is 5.86. The van der Waals surface area contributed by atoms with E-state index in [0.717, 1.165) is 25.7 Å². The van der Waals surface area contributed by atoms with E-state index in [2.05, 4.69) is 213 Å². The van der Waals surface area contributed by atoms with Crippen molar-refractivity contribution in [2.24, 2.45) is 5.41 Å². The van der Waals surface area contributed by atoms with Crippen LogP contribution in [0, 0.1) is 5.41 Å². The van der Waals surface area contributed by atoms with Crippen molar-refractivity contribution >= 4 is 65.8 Å². The first kappa shape index (κ1) is 41.7. The lowest BCUT2D eigenvalue weighted by Crippen LogP contribution is -2.37. The molecule has 0 bridgehead atoms. The van der Waals surface area contributed by atoms with Gasteiger partial charge in [-0.25, -0.2) is 0 Å². The zero-order valence-electron chi connectivity index (χ0n) is 39.6. The first-order valence-corrected chi connectivity index (χ1v) is 30.0. The van der Waals surface area contributed by atoms with Crippen LogP contribution in [0.3, 0.4) is 0 Å². The van der Waals surface area contributed by atoms with Crippen molar-refractivity contribution in [3.63, 3.8) is 0 Å².